The van der Waals surface area contributed by atoms with Crippen LogP contribution >= 0.6 is 8.46 Å². The Bertz CT molecular complexity index is 895. The molecule has 0 unspecified atom stereocenters. The Labute approximate surface area is 183 Å². The van der Waals surface area contributed by atoms with Gasteiger partial charge in [0.15, 0.2) is 8.46 Å². The molecule has 158 valence electrons. The molecular weight excluding hydrogens is 387 g/mol. The molecule has 2 rings (SSSR count). The summed E-state index contributed by atoms with van der Waals surface area (Å²) in [6, 6.07) is 15.4. The van der Waals surface area contributed by atoms with Crippen LogP contribution in [0.4, 0.5) is 0 Å². The van der Waals surface area contributed by atoms with Crippen LogP contribution in [0.15, 0.2) is 84.5 Å². The largest absolute Gasteiger partial charge is 0.457 e. The second-order valence-electron chi connectivity index (χ2n) is 9.01. The molecule has 0 saturated heterocycles. The lowest BCUT2D eigenvalue weighted by atomic mass is 9.89. The van der Waals surface area contributed by atoms with Crippen molar-refractivity contribution < 1.29 is 9.30 Å². The number of rotatable bonds is 9. The summed E-state index contributed by atoms with van der Waals surface area (Å²) in [7, 11) is 0.0200. The first-order valence-corrected chi connectivity index (χ1v) is 11.3. The minimum atomic E-state index is 0.0200. The van der Waals surface area contributed by atoms with Crippen molar-refractivity contribution in [3.8, 4) is 11.5 Å². The molecule has 0 aliphatic heterocycles. The molecule has 2 nitrogen and oxygen atoms in total. The quantitative estimate of drug-likeness (QED) is 0.303. The van der Waals surface area contributed by atoms with Crippen LogP contribution in [0.5, 0.6) is 11.5 Å². The van der Waals surface area contributed by atoms with Crippen molar-refractivity contribution in [3.63, 3.8) is 0 Å². The lowest BCUT2D eigenvalue weighted by Crippen LogP contribution is -2.03. The zero-order chi connectivity index (χ0) is 22.1. The number of allylic oxidation sites excluding steroid dienone is 5. The van der Waals surface area contributed by atoms with Crippen LogP contribution in [-0.4, -0.2) is 0 Å². The maximum Gasteiger partial charge on any atom is 0.192 e. The molecule has 0 saturated carbocycles. The zero-order valence-corrected chi connectivity index (χ0v) is 19.7. The molecule has 0 aromatic heterocycles. The fourth-order valence-electron chi connectivity index (χ4n) is 3.11. The fourth-order valence-corrected chi connectivity index (χ4v) is 3.38. The Balaban J connectivity index is 2.14. The van der Waals surface area contributed by atoms with Gasteiger partial charge in [-0.2, -0.15) is 0 Å². The van der Waals surface area contributed by atoms with E-state index in [4.69, 9.17) is 4.74 Å². The number of benzene rings is 2. The minimum absolute atomic E-state index is 0.0200. The van der Waals surface area contributed by atoms with E-state index in [0.29, 0.717) is 5.92 Å². The average molecular weight is 421 g/mol. The Morgan fingerprint density at radius 2 is 1.60 bits per heavy atom. The van der Waals surface area contributed by atoms with Crippen LogP contribution in [-0.2, 0) is 11.0 Å². The molecule has 0 aliphatic rings. The van der Waals surface area contributed by atoms with Crippen LogP contribution in [0, 0.1) is 11.3 Å². The second kappa shape index (κ2) is 11.1. The van der Waals surface area contributed by atoms with Crippen molar-refractivity contribution in [2.45, 2.75) is 47.5 Å². The summed E-state index contributed by atoms with van der Waals surface area (Å²) in [5.74, 6) is 1.95. The van der Waals surface area contributed by atoms with E-state index in [-0.39, 0.29) is 13.9 Å². The standard InChI is InChI=1S/C27H33O2P/c1-7-22(26(20(2)3)9-8-18-27(4,5)6)19-21-10-12-23(13-11-21)29-24-14-16-25(30-28)17-15-24/h7-17,20H,1,18-19H2,2-6H3/b9-8-,26-22-. The molecule has 2 aromatic carbocycles. The molecule has 0 amide bonds. The molecule has 0 N–H and O–H groups in total. The third-order valence-corrected chi connectivity index (χ3v) is 5.27. The van der Waals surface area contributed by atoms with E-state index in [2.05, 4.69) is 65.5 Å². The molecule has 0 bridgehead atoms. The van der Waals surface area contributed by atoms with Crippen LogP contribution < -0.4 is 10.0 Å². The van der Waals surface area contributed by atoms with Gasteiger partial charge in [0.2, 0.25) is 0 Å². The Morgan fingerprint density at radius 1 is 1.03 bits per heavy atom. The van der Waals surface area contributed by atoms with Gasteiger partial charge >= 0.3 is 0 Å². The molecular formula is C27H33O2P. The van der Waals surface area contributed by atoms with Gasteiger partial charge in [-0.05, 0) is 77.3 Å². The van der Waals surface area contributed by atoms with Gasteiger partial charge in [-0.25, -0.2) is 0 Å². The van der Waals surface area contributed by atoms with Gasteiger partial charge in [0.1, 0.15) is 11.5 Å². The summed E-state index contributed by atoms with van der Waals surface area (Å²) in [6.45, 7) is 15.3. The second-order valence-corrected chi connectivity index (χ2v) is 9.71. The highest BCUT2D eigenvalue weighted by molar-refractivity contribution is 7.34. The number of hydrogen-bond acceptors (Lipinski definition) is 2. The lowest BCUT2D eigenvalue weighted by Gasteiger charge is -2.17. The maximum absolute atomic E-state index is 10.9. The van der Waals surface area contributed by atoms with E-state index >= 15 is 0 Å². The van der Waals surface area contributed by atoms with E-state index in [9.17, 15) is 4.57 Å². The maximum atomic E-state index is 10.9. The van der Waals surface area contributed by atoms with Crippen LogP contribution in [0.3, 0.4) is 0 Å². The van der Waals surface area contributed by atoms with Crippen molar-refractivity contribution in [1.29, 1.82) is 0 Å². The molecule has 30 heavy (non-hydrogen) atoms. The molecule has 0 atom stereocenters. The summed E-state index contributed by atoms with van der Waals surface area (Å²) in [5.41, 5.74) is 4.11. The predicted octanol–water partition coefficient (Wildman–Crippen LogP) is 8.07. The summed E-state index contributed by atoms with van der Waals surface area (Å²) in [6.07, 6.45) is 8.43. The van der Waals surface area contributed by atoms with Crippen molar-refractivity contribution in [3.05, 3.63) is 90.0 Å². The summed E-state index contributed by atoms with van der Waals surface area (Å²) in [4.78, 5) is 0. The number of ether oxygens (including phenoxy) is 1. The monoisotopic (exact) mass is 420 g/mol. The molecule has 3 heteroatoms. The van der Waals surface area contributed by atoms with E-state index in [1.807, 2.05) is 30.3 Å². The van der Waals surface area contributed by atoms with Crippen molar-refractivity contribution >= 4 is 13.8 Å². The molecule has 0 heterocycles. The van der Waals surface area contributed by atoms with E-state index in [1.165, 1.54) is 16.7 Å². The van der Waals surface area contributed by atoms with Gasteiger partial charge < -0.3 is 4.74 Å². The van der Waals surface area contributed by atoms with E-state index in [0.717, 1.165) is 29.6 Å². The Hall–Kier alpha value is -2.44. The van der Waals surface area contributed by atoms with Gasteiger partial charge in [0.25, 0.3) is 0 Å². The third-order valence-electron chi connectivity index (χ3n) is 4.76. The smallest absolute Gasteiger partial charge is 0.192 e. The number of hydrogen-bond donors (Lipinski definition) is 0. The first-order chi connectivity index (χ1) is 14.2. The highest BCUT2D eigenvalue weighted by Crippen LogP contribution is 2.26. The summed E-state index contributed by atoms with van der Waals surface area (Å²) < 4.78 is 16.7. The molecule has 0 fully saturated rings. The summed E-state index contributed by atoms with van der Waals surface area (Å²) in [5, 5.41) is 0.735. The third kappa shape index (κ3) is 7.76. The van der Waals surface area contributed by atoms with Crippen LogP contribution in [0.25, 0.3) is 0 Å². The first kappa shape index (κ1) is 23.8. The molecule has 0 radical (unpaired) electrons. The summed E-state index contributed by atoms with van der Waals surface area (Å²) >= 11 is 0. The fraction of sp³-hybridized carbons (Fsp3) is 0.333. The Kier molecular flexibility index (Phi) is 8.81. The average Bonchev–Trinajstić information content (AvgIpc) is 2.70. The van der Waals surface area contributed by atoms with E-state index < -0.39 is 0 Å². The lowest BCUT2D eigenvalue weighted by molar-refractivity contribution is 0.420. The topological polar surface area (TPSA) is 26.3 Å². The van der Waals surface area contributed by atoms with Crippen molar-refractivity contribution in [2.75, 3.05) is 0 Å². The SMILES string of the molecule is C=C/C(Cc1ccc(Oc2ccc(P=O)cc2)cc1)=C(\C=C/CC(C)(C)C)C(C)C. The molecule has 0 spiro atoms. The van der Waals surface area contributed by atoms with Gasteiger partial charge in [-0.1, -0.05) is 71.6 Å². The highest BCUT2D eigenvalue weighted by Gasteiger charge is 2.10. The molecule has 2 aromatic rings. The molecule has 0 aliphatic carbocycles. The van der Waals surface area contributed by atoms with E-state index in [1.54, 1.807) is 12.1 Å². The van der Waals surface area contributed by atoms with Crippen molar-refractivity contribution in [1.82, 2.24) is 0 Å². The van der Waals surface area contributed by atoms with Gasteiger partial charge in [0, 0.05) is 5.30 Å². The normalized spacial score (nSPS) is 13.0. The van der Waals surface area contributed by atoms with Gasteiger partial charge in [-0.3, -0.25) is 4.57 Å². The van der Waals surface area contributed by atoms with Crippen LogP contribution in [0.2, 0.25) is 0 Å². The minimum Gasteiger partial charge on any atom is -0.457 e. The first-order valence-electron chi connectivity index (χ1n) is 10.4. The zero-order valence-electron chi connectivity index (χ0n) is 18.8. The highest BCUT2D eigenvalue weighted by atomic mass is 31.1. The Morgan fingerprint density at radius 3 is 2.07 bits per heavy atom. The van der Waals surface area contributed by atoms with Crippen molar-refractivity contribution in [2.24, 2.45) is 11.3 Å². The van der Waals surface area contributed by atoms with Crippen LogP contribution in [0.1, 0.15) is 46.6 Å². The van der Waals surface area contributed by atoms with Gasteiger partial charge in [-0.15, -0.1) is 0 Å². The van der Waals surface area contributed by atoms with Gasteiger partial charge in [0.05, 0.1) is 0 Å². The predicted molar refractivity (Wildman–Crippen MR) is 129 cm³/mol.